The first-order chi connectivity index (χ1) is 6.51. The Kier molecular flexibility index (Phi) is 4.12. The highest BCUT2D eigenvalue weighted by Gasteiger charge is 2.30. The Hall–Kier alpha value is -0.360. The molecule has 1 aromatic rings. The second kappa shape index (κ2) is 4.93. The minimum atomic E-state index is -4.62. The first-order valence-corrected chi connectivity index (χ1v) is 6.42. The Morgan fingerprint density at radius 2 is 1.79 bits per heavy atom. The van der Waals surface area contributed by atoms with Gasteiger partial charge in [0, 0.05) is 5.75 Å². The summed E-state index contributed by atoms with van der Waals surface area (Å²) in [6.45, 7) is 0. The fourth-order valence-electron chi connectivity index (χ4n) is 0.850. The van der Waals surface area contributed by atoms with Crippen molar-refractivity contribution in [2.45, 2.75) is 12.1 Å². The molecule has 0 amide bonds. The molecular formula is C8H6BrF3OS. The summed E-state index contributed by atoms with van der Waals surface area (Å²) >= 11 is 3.16. The van der Waals surface area contributed by atoms with Crippen molar-refractivity contribution >= 4 is 25.0 Å². The molecule has 0 radical (unpaired) electrons. The Labute approximate surface area is 90.8 Å². The Morgan fingerprint density at radius 1 is 1.21 bits per heavy atom. The lowest BCUT2D eigenvalue weighted by atomic mass is 10.2. The van der Waals surface area contributed by atoms with Crippen molar-refractivity contribution in [3.05, 3.63) is 29.8 Å². The molecule has 0 aliphatic carbocycles. The molecule has 0 unspecified atom stereocenters. The van der Waals surface area contributed by atoms with Crippen LogP contribution in [-0.4, -0.2) is 6.36 Å². The maximum Gasteiger partial charge on any atom is 0.573 e. The van der Waals surface area contributed by atoms with Gasteiger partial charge in [-0.05, 0) is 32.5 Å². The van der Waals surface area contributed by atoms with Gasteiger partial charge in [-0.15, -0.1) is 13.2 Å². The van der Waals surface area contributed by atoms with E-state index in [0.717, 1.165) is 5.56 Å². The number of alkyl halides is 3. The van der Waals surface area contributed by atoms with E-state index < -0.39 is 6.36 Å². The van der Waals surface area contributed by atoms with E-state index in [1.807, 2.05) is 0 Å². The number of hydrogen-bond acceptors (Lipinski definition) is 2. The monoisotopic (exact) mass is 286 g/mol. The highest BCUT2D eigenvalue weighted by Crippen LogP contribution is 2.24. The van der Waals surface area contributed by atoms with Gasteiger partial charge in [0.25, 0.3) is 0 Å². The fraction of sp³-hybridized carbons (Fsp3) is 0.250. The molecule has 1 aromatic carbocycles. The van der Waals surface area contributed by atoms with Gasteiger partial charge in [-0.1, -0.05) is 22.3 Å². The summed E-state index contributed by atoms with van der Waals surface area (Å²) < 4.78 is 39.0. The number of rotatable bonds is 3. The number of ether oxygens (including phenoxy) is 1. The van der Waals surface area contributed by atoms with Gasteiger partial charge in [-0.3, -0.25) is 0 Å². The number of hydrogen-bond donors (Lipinski definition) is 0. The van der Waals surface area contributed by atoms with Crippen LogP contribution in [0.1, 0.15) is 5.56 Å². The van der Waals surface area contributed by atoms with Crippen LogP contribution in [0.3, 0.4) is 0 Å². The van der Waals surface area contributed by atoms with E-state index in [2.05, 4.69) is 19.5 Å². The van der Waals surface area contributed by atoms with E-state index in [-0.39, 0.29) is 5.75 Å². The average Bonchev–Trinajstić information content (AvgIpc) is 2.06. The molecule has 1 rings (SSSR count). The normalized spacial score (nSPS) is 11.4. The minimum absolute atomic E-state index is 0.194. The predicted molar refractivity (Wildman–Crippen MR) is 53.3 cm³/mol. The summed E-state index contributed by atoms with van der Waals surface area (Å²) in [5, 5.41) is 0. The number of benzene rings is 1. The maximum atomic E-state index is 11.8. The SMILES string of the molecule is FC(F)(F)Oc1ccc(CSBr)cc1. The summed E-state index contributed by atoms with van der Waals surface area (Å²) in [5.41, 5.74) is 0.932. The topological polar surface area (TPSA) is 9.23 Å². The lowest BCUT2D eigenvalue weighted by molar-refractivity contribution is -0.274. The molecule has 0 atom stereocenters. The number of halogens is 4. The zero-order valence-electron chi connectivity index (χ0n) is 6.84. The van der Waals surface area contributed by atoms with Crippen molar-refractivity contribution in [3.8, 4) is 5.75 Å². The third kappa shape index (κ3) is 4.23. The van der Waals surface area contributed by atoms with Crippen LogP contribution in [0.2, 0.25) is 0 Å². The molecule has 0 aliphatic rings. The zero-order chi connectivity index (χ0) is 10.6. The summed E-state index contributed by atoms with van der Waals surface area (Å²) in [5.74, 6) is 0.507. The molecule has 0 heterocycles. The first-order valence-electron chi connectivity index (χ1n) is 3.59. The third-order valence-electron chi connectivity index (χ3n) is 1.38. The molecule has 0 aromatic heterocycles. The third-order valence-corrected chi connectivity index (χ3v) is 2.51. The van der Waals surface area contributed by atoms with E-state index in [9.17, 15) is 13.2 Å². The first kappa shape index (κ1) is 11.7. The maximum absolute atomic E-state index is 11.8. The lowest BCUT2D eigenvalue weighted by Gasteiger charge is -2.08. The van der Waals surface area contributed by atoms with Crippen LogP contribution < -0.4 is 4.74 Å². The predicted octanol–water partition coefficient (Wildman–Crippen LogP) is 4.13. The lowest BCUT2D eigenvalue weighted by Crippen LogP contribution is -2.16. The molecule has 14 heavy (non-hydrogen) atoms. The molecule has 0 N–H and O–H groups in total. The van der Waals surface area contributed by atoms with E-state index in [1.165, 1.54) is 22.3 Å². The van der Waals surface area contributed by atoms with Crippen LogP contribution in [0.5, 0.6) is 5.75 Å². The second-order valence-electron chi connectivity index (χ2n) is 2.45. The van der Waals surface area contributed by atoms with Gasteiger partial charge in [0.15, 0.2) is 0 Å². The van der Waals surface area contributed by atoms with Crippen molar-refractivity contribution in [2.75, 3.05) is 0 Å². The van der Waals surface area contributed by atoms with E-state index in [1.54, 1.807) is 12.1 Å². The van der Waals surface area contributed by atoms with Crippen LogP contribution in [0, 0.1) is 0 Å². The molecule has 78 valence electrons. The van der Waals surface area contributed by atoms with Crippen molar-refractivity contribution < 1.29 is 17.9 Å². The Bertz CT molecular complexity index is 286. The highest BCUT2D eigenvalue weighted by molar-refractivity contribution is 9.50. The van der Waals surface area contributed by atoms with Gasteiger partial charge in [0.2, 0.25) is 0 Å². The van der Waals surface area contributed by atoms with Gasteiger partial charge in [0.05, 0.1) is 0 Å². The van der Waals surface area contributed by atoms with Gasteiger partial charge in [-0.25, -0.2) is 0 Å². The molecule has 0 fully saturated rings. The molecule has 0 saturated carbocycles. The van der Waals surface area contributed by atoms with Crippen LogP contribution in [0.15, 0.2) is 24.3 Å². The summed E-state index contributed by atoms with van der Waals surface area (Å²) in [4.78, 5) is 0. The van der Waals surface area contributed by atoms with E-state index in [4.69, 9.17) is 0 Å². The van der Waals surface area contributed by atoms with Gasteiger partial charge in [-0.2, -0.15) is 0 Å². The summed E-state index contributed by atoms with van der Waals surface area (Å²) in [6.07, 6.45) is -4.62. The highest BCUT2D eigenvalue weighted by atomic mass is 79.9. The van der Waals surface area contributed by atoms with Gasteiger partial charge in [0.1, 0.15) is 5.75 Å². The standard InChI is InChI=1S/C8H6BrF3OS/c9-14-5-6-1-3-7(4-2-6)13-8(10,11)12/h1-4H,5H2. The summed E-state index contributed by atoms with van der Waals surface area (Å²) in [6, 6.07) is 5.78. The Morgan fingerprint density at radius 3 is 2.21 bits per heavy atom. The van der Waals surface area contributed by atoms with E-state index >= 15 is 0 Å². The molecule has 0 saturated heterocycles. The van der Waals surface area contributed by atoms with Crippen LogP contribution in [0.25, 0.3) is 0 Å². The van der Waals surface area contributed by atoms with E-state index in [0.29, 0.717) is 5.75 Å². The zero-order valence-corrected chi connectivity index (χ0v) is 9.25. The Balaban J connectivity index is 2.64. The fourth-order valence-corrected chi connectivity index (χ4v) is 1.96. The van der Waals surface area contributed by atoms with Crippen molar-refractivity contribution in [1.29, 1.82) is 0 Å². The molecule has 0 spiro atoms. The van der Waals surface area contributed by atoms with Crippen molar-refractivity contribution in [2.24, 2.45) is 0 Å². The average molecular weight is 287 g/mol. The second-order valence-corrected chi connectivity index (χ2v) is 4.33. The molecule has 6 heteroatoms. The molecule has 0 aliphatic heterocycles. The summed E-state index contributed by atoms with van der Waals surface area (Å²) in [7, 11) is 1.42. The van der Waals surface area contributed by atoms with Crippen LogP contribution in [-0.2, 0) is 5.75 Å². The molecule has 1 nitrogen and oxygen atoms in total. The van der Waals surface area contributed by atoms with Crippen LogP contribution in [0.4, 0.5) is 13.2 Å². The van der Waals surface area contributed by atoms with Crippen molar-refractivity contribution in [1.82, 2.24) is 0 Å². The quantitative estimate of drug-likeness (QED) is 0.826. The largest absolute Gasteiger partial charge is 0.573 e. The molecular weight excluding hydrogens is 281 g/mol. The van der Waals surface area contributed by atoms with Crippen LogP contribution >= 0.6 is 25.0 Å². The minimum Gasteiger partial charge on any atom is -0.406 e. The van der Waals surface area contributed by atoms with Gasteiger partial charge < -0.3 is 4.74 Å². The van der Waals surface area contributed by atoms with Crippen molar-refractivity contribution in [3.63, 3.8) is 0 Å². The molecule has 0 bridgehead atoms. The van der Waals surface area contributed by atoms with Gasteiger partial charge >= 0.3 is 6.36 Å². The smallest absolute Gasteiger partial charge is 0.406 e.